The number of rotatable bonds is 6. The van der Waals surface area contributed by atoms with Crippen molar-refractivity contribution in [1.29, 1.82) is 0 Å². The standard InChI is InChI=1S/C14H22N2O4S/c1-5-8-16-10-15(4)9-14(11(16)21,12(17)19-6-2)13(18)20-7-3/h5H,1,6-10H2,2-4H3. The van der Waals surface area contributed by atoms with Crippen molar-refractivity contribution in [3.8, 4) is 0 Å². The summed E-state index contributed by atoms with van der Waals surface area (Å²) >= 11 is 5.41. The third kappa shape index (κ3) is 3.41. The summed E-state index contributed by atoms with van der Waals surface area (Å²) in [5, 5.41) is 0. The second kappa shape index (κ2) is 7.51. The molecule has 0 amide bonds. The monoisotopic (exact) mass is 314 g/mol. The fourth-order valence-corrected chi connectivity index (χ4v) is 2.70. The molecule has 0 aromatic carbocycles. The van der Waals surface area contributed by atoms with Gasteiger partial charge in [0.05, 0.1) is 19.9 Å². The van der Waals surface area contributed by atoms with Crippen LogP contribution in [0.2, 0.25) is 0 Å². The van der Waals surface area contributed by atoms with Crippen molar-refractivity contribution in [3.05, 3.63) is 12.7 Å². The van der Waals surface area contributed by atoms with Crippen LogP contribution in [0.4, 0.5) is 0 Å². The quantitative estimate of drug-likeness (QED) is 0.311. The Kier molecular flexibility index (Phi) is 6.29. The van der Waals surface area contributed by atoms with Crippen molar-refractivity contribution in [2.45, 2.75) is 13.8 Å². The van der Waals surface area contributed by atoms with Crippen LogP contribution in [-0.4, -0.2) is 66.7 Å². The van der Waals surface area contributed by atoms with Crippen molar-refractivity contribution < 1.29 is 19.1 Å². The van der Waals surface area contributed by atoms with Crippen LogP contribution in [0.5, 0.6) is 0 Å². The minimum absolute atomic E-state index is 0.150. The van der Waals surface area contributed by atoms with Gasteiger partial charge in [-0.2, -0.15) is 0 Å². The number of ether oxygens (including phenoxy) is 2. The maximum Gasteiger partial charge on any atom is 0.331 e. The van der Waals surface area contributed by atoms with Gasteiger partial charge in [0.15, 0.2) is 0 Å². The smallest absolute Gasteiger partial charge is 0.331 e. The molecule has 0 saturated carbocycles. The first-order valence-electron chi connectivity index (χ1n) is 6.87. The molecule has 0 unspecified atom stereocenters. The second-order valence-corrected chi connectivity index (χ2v) is 5.20. The van der Waals surface area contributed by atoms with E-state index in [4.69, 9.17) is 21.7 Å². The van der Waals surface area contributed by atoms with Crippen LogP contribution in [-0.2, 0) is 19.1 Å². The Morgan fingerprint density at radius 2 is 1.86 bits per heavy atom. The molecule has 7 heteroatoms. The van der Waals surface area contributed by atoms with Gasteiger partial charge in [0.25, 0.3) is 0 Å². The molecule has 0 bridgehead atoms. The minimum Gasteiger partial charge on any atom is -0.465 e. The van der Waals surface area contributed by atoms with E-state index in [9.17, 15) is 9.59 Å². The molecule has 6 nitrogen and oxygen atoms in total. The highest BCUT2D eigenvalue weighted by molar-refractivity contribution is 7.80. The van der Waals surface area contributed by atoms with Gasteiger partial charge in [-0.3, -0.25) is 14.5 Å². The zero-order valence-corrected chi connectivity index (χ0v) is 13.6. The predicted molar refractivity (Wildman–Crippen MR) is 82.7 cm³/mol. The Bertz CT molecular complexity index is 421. The maximum absolute atomic E-state index is 12.5. The first-order chi connectivity index (χ1) is 9.93. The van der Waals surface area contributed by atoms with Gasteiger partial charge < -0.3 is 14.4 Å². The summed E-state index contributed by atoms with van der Waals surface area (Å²) in [6.45, 7) is 8.52. The lowest BCUT2D eigenvalue weighted by molar-refractivity contribution is -0.169. The van der Waals surface area contributed by atoms with Crippen LogP contribution in [0.1, 0.15) is 13.8 Å². The molecule has 0 atom stereocenters. The van der Waals surface area contributed by atoms with E-state index in [0.29, 0.717) is 13.2 Å². The number of hydrogen-bond acceptors (Lipinski definition) is 6. The highest BCUT2D eigenvalue weighted by Gasteiger charge is 2.57. The van der Waals surface area contributed by atoms with Crippen molar-refractivity contribution in [1.82, 2.24) is 9.80 Å². The Hall–Kier alpha value is -1.47. The first kappa shape index (κ1) is 17.6. The van der Waals surface area contributed by atoms with E-state index in [1.807, 2.05) is 11.9 Å². The minimum atomic E-state index is -1.59. The third-order valence-electron chi connectivity index (χ3n) is 3.17. The molecular formula is C14H22N2O4S. The summed E-state index contributed by atoms with van der Waals surface area (Å²) < 4.78 is 10.2. The molecule has 1 aliphatic rings. The van der Waals surface area contributed by atoms with Gasteiger partial charge in [0.1, 0.15) is 4.99 Å². The van der Waals surface area contributed by atoms with Crippen LogP contribution in [0.3, 0.4) is 0 Å². The molecule has 1 rings (SSSR count). The van der Waals surface area contributed by atoms with Crippen LogP contribution in [0.25, 0.3) is 0 Å². The zero-order valence-electron chi connectivity index (χ0n) is 12.8. The molecular weight excluding hydrogens is 292 g/mol. The highest BCUT2D eigenvalue weighted by Crippen LogP contribution is 2.31. The van der Waals surface area contributed by atoms with Crippen LogP contribution >= 0.6 is 12.2 Å². The lowest BCUT2D eigenvalue weighted by Crippen LogP contribution is -2.64. The Morgan fingerprint density at radius 3 is 2.29 bits per heavy atom. The van der Waals surface area contributed by atoms with Gasteiger partial charge in [-0.15, -0.1) is 6.58 Å². The molecule has 0 aromatic heterocycles. The van der Waals surface area contributed by atoms with Gasteiger partial charge in [0.2, 0.25) is 5.41 Å². The molecule has 0 aromatic rings. The SMILES string of the molecule is C=CCN1CN(C)CC(C(=O)OCC)(C(=O)OCC)C1=S. The van der Waals surface area contributed by atoms with E-state index in [1.165, 1.54) is 0 Å². The predicted octanol–water partition coefficient (Wildman–Crippen LogP) is 0.817. The number of nitrogens with zero attached hydrogens (tertiary/aromatic N) is 2. The number of thiocarbonyl (C=S) groups is 1. The van der Waals surface area contributed by atoms with E-state index in [2.05, 4.69) is 6.58 Å². The molecule has 118 valence electrons. The second-order valence-electron chi connectivity index (χ2n) is 4.82. The molecule has 21 heavy (non-hydrogen) atoms. The number of esters is 2. The summed E-state index contributed by atoms with van der Waals surface area (Å²) in [6, 6.07) is 0. The van der Waals surface area contributed by atoms with E-state index >= 15 is 0 Å². The van der Waals surface area contributed by atoms with Gasteiger partial charge >= 0.3 is 11.9 Å². The third-order valence-corrected chi connectivity index (χ3v) is 3.78. The fourth-order valence-electron chi connectivity index (χ4n) is 2.34. The first-order valence-corrected chi connectivity index (χ1v) is 7.28. The number of carbonyl (C=O) groups is 2. The molecule has 1 saturated heterocycles. The summed E-state index contributed by atoms with van der Waals surface area (Å²) in [7, 11) is 1.81. The van der Waals surface area contributed by atoms with Crippen LogP contribution < -0.4 is 0 Å². The maximum atomic E-state index is 12.5. The molecule has 0 radical (unpaired) electrons. The Labute approximate surface area is 130 Å². The average molecular weight is 314 g/mol. The van der Waals surface area contributed by atoms with E-state index in [0.717, 1.165) is 0 Å². The normalized spacial score (nSPS) is 18.2. The lowest BCUT2D eigenvalue weighted by atomic mass is 9.84. The summed E-state index contributed by atoms with van der Waals surface area (Å²) in [6.07, 6.45) is 1.67. The van der Waals surface area contributed by atoms with Crippen LogP contribution in [0, 0.1) is 5.41 Å². The van der Waals surface area contributed by atoms with Gasteiger partial charge in [0, 0.05) is 13.1 Å². The van der Waals surface area contributed by atoms with E-state index in [-0.39, 0.29) is 24.7 Å². The zero-order chi connectivity index (χ0) is 16.0. The molecule has 0 N–H and O–H groups in total. The molecule has 1 fully saturated rings. The van der Waals surface area contributed by atoms with Gasteiger partial charge in [-0.1, -0.05) is 18.3 Å². The molecule has 1 heterocycles. The highest BCUT2D eigenvalue weighted by atomic mass is 32.1. The average Bonchev–Trinajstić information content (AvgIpc) is 2.43. The largest absolute Gasteiger partial charge is 0.465 e. The lowest BCUT2D eigenvalue weighted by Gasteiger charge is -2.44. The van der Waals surface area contributed by atoms with Crippen molar-refractivity contribution in [2.24, 2.45) is 5.41 Å². The Morgan fingerprint density at radius 1 is 1.33 bits per heavy atom. The topological polar surface area (TPSA) is 59.1 Å². The van der Waals surface area contributed by atoms with E-state index < -0.39 is 17.4 Å². The molecule has 0 spiro atoms. The van der Waals surface area contributed by atoms with Crippen molar-refractivity contribution in [3.63, 3.8) is 0 Å². The van der Waals surface area contributed by atoms with Crippen LogP contribution in [0.15, 0.2) is 12.7 Å². The summed E-state index contributed by atoms with van der Waals surface area (Å²) in [5.41, 5.74) is -1.59. The van der Waals surface area contributed by atoms with Crippen molar-refractivity contribution >= 4 is 29.1 Å². The van der Waals surface area contributed by atoms with Crippen molar-refractivity contribution in [2.75, 3.05) is 40.0 Å². The number of carbonyl (C=O) groups excluding carboxylic acids is 2. The fraction of sp³-hybridized carbons (Fsp3) is 0.643. The summed E-state index contributed by atoms with van der Waals surface area (Å²) in [5.74, 6) is -1.32. The Balaban J connectivity index is 3.25. The van der Waals surface area contributed by atoms with E-state index in [1.54, 1.807) is 24.8 Å². The van der Waals surface area contributed by atoms with Gasteiger partial charge in [-0.25, -0.2) is 0 Å². The molecule has 0 aliphatic carbocycles. The number of hydrogen-bond donors (Lipinski definition) is 0. The summed E-state index contributed by atoms with van der Waals surface area (Å²) in [4.78, 5) is 28.7. The van der Waals surface area contributed by atoms with Gasteiger partial charge in [-0.05, 0) is 20.9 Å². The molecule has 1 aliphatic heterocycles.